The first-order chi connectivity index (χ1) is 11.3. The van der Waals surface area contributed by atoms with E-state index in [1.165, 1.54) is 18.2 Å². The molecule has 0 fully saturated rings. The van der Waals surface area contributed by atoms with E-state index in [0.29, 0.717) is 5.02 Å². The number of hydrogen-bond donors (Lipinski definition) is 1. The molecule has 24 heavy (non-hydrogen) atoms. The van der Waals surface area contributed by atoms with Gasteiger partial charge in [0.15, 0.2) is 0 Å². The molecule has 0 aromatic heterocycles. The molecular formula is C16H16ClFN2O3S. The highest BCUT2D eigenvalue weighted by Gasteiger charge is 2.23. The number of anilines is 1. The van der Waals surface area contributed by atoms with Crippen molar-refractivity contribution in [3.8, 4) is 0 Å². The first-order valence-electron chi connectivity index (χ1n) is 7.01. The van der Waals surface area contributed by atoms with E-state index in [9.17, 15) is 17.6 Å². The van der Waals surface area contributed by atoms with Crippen LogP contribution in [0.3, 0.4) is 0 Å². The van der Waals surface area contributed by atoms with Gasteiger partial charge in [-0.15, -0.1) is 0 Å². The second-order valence-corrected chi connectivity index (χ2v) is 7.47. The topological polar surface area (TPSA) is 66.5 Å². The van der Waals surface area contributed by atoms with Crippen LogP contribution in [0.25, 0.3) is 0 Å². The summed E-state index contributed by atoms with van der Waals surface area (Å²) in [6, 6.07) is 12.3. The van der Waals surface area contributed by atoms with Gasteiger partial charge in [-0.2, -0.15) is 0 Å². The van der Waals surface area contributed by atoms with Crippen molar-refractivity contribution in [1.29, 1.82) is 0 Å². The Morgan fingerprint density at radius 1 is 1.17 bits per heavy atom. The van der Waals surface area contributed by atoms with Gasteiger partial charge in [-0.1, -0.05) is 35.9 Å². The summed E-state index contributed by atoms with van der Waals surface area (Å²) in [7, 11) is -3.81. The van der Waals surface area contributed by atoms with Gasteiger partial charge < -0.3 is 5.32 Å². The maximum atomic E-state index is 13.9. The number of rotatable bonds is 6. The van der Waals surface area contributed by atoms with E-state index in [2.05, 4.69) is 5.32 Å². The van der Waals surface area contributed by atoms with Gasteiger partial charge in [0.1, 0.15) is 12.4 Å². The van der Waals surface area contributed by atoms with Crippen molar-refractivity contribution in [2.75, 3.05) is 17.1 Å². The fourth-order valence-electron chi connectivity index (χ4n) is 2.02. The Kier molecular flexibility index (Phi) is 5.80. The van der Waals surface area contributed by atoms with Crippen LogP contribution in [-0.2, 0) is 21.4 Å². The molecule has 0 heterocycles. The molecule has 8 heteroatoms. The largest absolute Gasteiger partial charge is 0.350 e. The lowest BCUT2D eigenvalue weighted by Crippen LogP contribution is -2.40. The monoisotopic (exact) mass is 370 g/mol. The molecule has 0 saturated heterocycles. The van der Waals surface area contributed by atoms with Crippen molar-refractivity contribution in [3.05, 3.63) is 64.9 Å². The quantitative estimate of drug-likeness (QED) is 0.849. The van der Waals surface area contributed by atoms with E-state index in [4.69, 9.17) is 11.6 Å². The SMILES string of the molecule is CS(=O)(=O)N(CC(=O)NCc1ccc(Cl)cc1)c1ccccc1F. The van der Waals surface area contributed by atoms with Crippen LogP contribution in [0.2, 0.25) is 5.02 Å². The standard InChI is InChI=1S/C16H16ClFN2O3S/c1-24(22,23)20(15-5-3-2-4-14(15)18)11-16(21)19-10-12-6-8-13(17)9-7-12/h2-9H,10-11H2,1H3,(H,19,21). The minimum Gasteiger partial charge on any atom is -0.350 e. The van der Waals surface area contributed by atoms with Crippen molar-refractivity contribution in [2.24, 2.45) is 0 Å². The zero-order chi connectivity index (χ0) is 17.7. The van der Waals surface area contributed by atoms with Crippen molar-refractivity contribution < 1.29 is 17.6 Å². The number of hydrogen-bond acceptors (Lipinski definition) is 3. The lowest BCUT2D eigenvalue weighted by Gasteiger charge is -2.22. The summed E-state index contributed by atoms with van der Waals surface area (Å²) in [4.78, 5) is 12.1. The lowest BCUT2D eigenvalue weighted by molar-refractivity contribution is -0.119. The molecule has 0 radical (unpaired) electrons. The molecule has 0 aliphatic carbocycles. The highest BCUT2D eigenvalue weighted by atomic mass is 35.5. The van der Waals surface area contributed by atoms with E-state index in [1.807, 2.05) is 0 Å². The van der Waals surface area contributed by atoms with Crippen LogP contribution in [0, 0.1) is 5.82 Å². The average Bonchev–Trinajstić information content (AvgIpc) is 2.52. The van der Waals surface area contributed by atoms with Gasteiger partial charge >= 0.3 is 0 Å². The minimum absolute atomic E-state index is 0.165. The minimum atomic E-state index is -3.81. The smallest absolute Gasteiger partial charge is 0.241 e. The molecule has 2 rings (SSSR count). The number of carbonyl (C=O) groups excluding carboxylic acids is 1. The summed E-state index contributed by atoms with van der Waals surface area (Å²) < 4.78 is 38.4. The molecule has 0 atom stereocenters. The number of carbonyl (C=O) groups is 1. The second kappa shape index (κ2) is 7.63. The molecule has 0 spiro atoms. The zero-order valence-corrected chi connectivity index (χ0v) is 14.4. The Bertz CT molecular complexity index is 825. The number of nitrogens with zero attached hydrogens (tertiary/aromatic N) is 1. The average molecular weight is 371 g/mol. The van der Waals surface area contributed by atoms with Crippen molar-refractivity contribution >= 4 is 33.2 Å². The van der Waals surface area contributed by atoms with Crippen LogP contribution >= 0.6 is 11.6 Å². The second-order valence-electron chi connectivity index (χ2n) is 5.12. The maximum absolute atomic E-state index is 13.9. The number of sulfonamides is 1. The Hall–Kier alpha value is -2.12. The summed E-state index contributed by atoms with van der Waals surface area (Å²) in [6.45, 7) is -0.293. The first-order valence-corrected chi connectivity index (χ1v) is 9.23. The Labute approximate surface area is 145 Å². The lowest BCUT2D eigenvalue weighted by atomic mass is 10.2. The fraction of sp³-hybridized carbons (Fsp3) is 0.188. The molecule has 2 aromatic rings. The molecule has 5 nitrogen and oxygen atoms in total. The summed E-state index contributed by atoms with van der Waals surface area (Å²) in [5.41, 5.74) is 0.645. The highest BCUT2D eigenvalue weighted by Crippen LogP contribution is 2.21. The summed E-state index contributed by atoms with van der Waals surface area (Å²) in [5, 5.41) is 3.18. The molecule has 0 aliphatic rings. The van der Waals surface area contributed by atoms with Crippen LogP contribution in [0.15, 0.2) is 48.5 Å². The fourth-order valence-corrected chi connectivity index (χ4v) is 3.01. The Morgan fingerprint density at radius 3 is 2.38 bits per heavy atom. The summed E-state index contributed by atoms with van der Waals surface area (Å²) in [5.74, 6) is -1.26. The zero-order valence-electron chi connectivity index (χ0n) is 12.9. The molecule has 0 saturated carbocycles. The van der Waals surface area contributed by atoms with Crippen LogP contribution in [0.5, 0.6) is 0 Å². The van der Waals surface area contributed by atoms with E-state index in [-0.39, 0.29) is 12.2 Å². The van der Waals surface area contributed by atoms with Gasteiger partial charge in [0.05, 0.1) is 11.9 Å². The molecule has 0 aliphatic heterocycles. The molecule has 0 unspecified atom stereocenters. The molecule has 2 aromatic carbocycles. The number of amides is 1. The molecule has 128 valence electrons. The number of nitrogens with one attached hydrogen (secondary N) is 1. The van der Waals surface area contributed by atoms with E-state index >= 15 is 0 Å². The molecule has 1 N–H and O–H groups in total. The van der Waals surface area contributed by atoms with Gasteiger partial charge in [-0.05, 0) is 29.8 Å². The summed E-state index contributed by atoms with van der Waals surface area (Å²) >= 11 is 5.78. The predicted octanol–water partition coefficient (Wildman–Crippen LogP) is 2.56. The van der Waals surface area contributed by atoms with Crippen molar-refractivity contribution in [3.63, 3.8) is 0 Å². The molecule has 1 amide bonds. The van der Waals surface area contributed by atoms with E-state index in [1.54, 1.807) is 24.3 Å². The van der Waals surface area contributed by atoms with Crippen molar-refractivity contribution in [2.45, 2.75) is 6.54 Å². The number of halogens is 2. The van der Waals surface area contributed by atoms with Crippen molar-refractivity contribution in [1.82, 2.24) is 5.32 Å². The predicted molar refractivity (Wildman–Crippen MR) is 91.9 cm³/mol. The van der Waals surface area contributed by atoms with Gasteiger partial charge in [-0.3, -0.25) is 9.10 Å². The highest BCUT2D eigenvalue weighted by molar-refractivity contribution is 7.92. The number of benzene rings is 2. The van der Waals surface area contributed by atoms with Gasteiger partial charge in [0.25, 0.3) is 0 Å². The Balaban J connectivity index is 2.08. The first kappa shape index (κ1) is 18.2. The normalized spacial score (nSPS) is 11.1. The third-order valence-corrected chi connectivity index (χ3v) is 4.59. The third kappa shape index (κ3) is 4.94. The number of para-hydroxylation sites is 1. The van der Waals surface area contributed by atoms with E-state index in [0.717, 1.165) is 22.2 Å². The van der Waals surface area contributed by atoms with Gasteiger partial charge in [0, 0.05) is 11.6 Å². The van der Waals surface area contributed by atoms with Gasteiger partial charge in [0.2, 0.25) is 15.9 Å². The van der Waals surface area contributed by atoms with E-state index < -0.39 is 28.3 Å². The van der Waals surface area contributed by atoms with Crippen LogP contribution < -0.4 is 9.62 Å². The molecule has 0 bridgehead atoms. The van der Waals surface area contributed by atoms with Gasteiger partial charge in [-0.25, -0.2) is 12.8 Å². The van der Waals surface area contributed by atoms with Crippen LogP contribution in [0.4, 0.5) is 10.1 Å². The third-order valence-electron chi connectivity index (χ3n) is 3.21. The Morgan fingerprint density at radius 2 is 1.79 bits per heavy atom. The van der Waals surface area contributed by atoms with Crippen LogP contribution in [0.1, 0.15) is 5.56 Å². The van der Waals surface area contributed by atoms with Crippen LogP contribution in [-0.4, -0.2) is 27.1 Å². The summed E-state index contributed by atoms with van der Waals surface area (Å²) in [6.07, 6.45) is 0.923. The molecular weight excluding hydrogens is 355 g/mol. The maximum Gasteiger partial charge on any atom is 0.241 e.